The first-order chi connectivity index (χ1) is 35.2. The Morgan fingerprint density at radius 2 is 1.56 bits per heavy atom. The van der Waals surface area contributed by atoms with Crippen LogP contribution < -0.4 is 24.0 Å². The molecule has 0 aliphatic carbocycles. The van der Waals surface area contributed by atoms with Gasteiger partial charge in [0.05, 0.1) is 24.7 Å². The van der Waals surface area contributed by atoms with Crippen LogP contribution in [0.3, 0.4) is 0 Å². The molecule has 2 atom stereocenters. The van der Waals surface area contributed by atoms with Crippen LogP contribution in [0, 0.1) is 17.3 Å². The molecule has 0 N–H and O–H groups in total. The molecule has 0 spiro atoms. The number of anilines is 2. The molecule has 1 unspecified atom stereocenters. The van der Waals surface area contributed by atoms with E-state index in [0.29, 0.717) is 62.8 Å². The number of carbonyl (C=O) groups is 2. The van der Waals surface area contributed by atoms with Crippen LogP contribution in [0.5, 0.6) is 17.6 Å². The Balaban J connectivity index is 1.35. The van der Waals surface area contributed by atoms with Crippen LogP contribution in [0.25, 0.3) is 32.9 Å². The van der Waals surface area contributed by atoms with Gasteiger partial charge in [0.25, 0.3) is 5.92 Å². The van der Waals surface area contributed by atoms with Gasteiger partial charge in [0.1, 0.15) is 60.7 Å². The Labute approximate surface area is 438 Å². The van der Waals surface area contributed by atoms with E-state index in [4.69, 9.17) is 43.4 Å². The third kappa shape index (κ3) is 10.9. The zero-order valence-corrected chi connectivity index (χ0v) is 46.6. The number of methoxy groups -OCH3 is 1. The molecule has 8 rings (SSSR count). The number of hydrogen-bond donors (Lipinski definition) is 0. The maximum atomic E-state index is 18.4. The molecule has 19 heteroatoms. The van der Waals surface area contributed by atoms with E-state index in [0.717, 1.165) is 4.90 Å². The molecule has 3 aromatic heterocycles. The highest BCUT2D eigenvalue weighted by Crippen LogP contribution is 2.49. The number of nitrogens with zero attached hydrogens (tertiary/aromatic N) is 7. The van der Waals surface area contributed by atoms with E-state index in [1.54, 1.807) is 69.5 Å². The van der Waals surface area contributed by atoms with Crippen LogP contribution in [0.1, 0.15) is 120 Å². The van der Waals surface area contributed by atoms with Crippen molar-refractivity contribution >= 4 is 53.6 Å². The summed E-state index contributed by atoms with van der Waals surface area (Å²) in [4.78, 5) is 51.5. The minimum atomic E-state index is -2.91. The molecule has 2 fully saturated rings. The van der Waals surface area contributed by atoms with Gasteiger partial charge >= 0.3 is 18.2 Å². The summed E-state index contributed by atoms with van der Waals surface area (Å²) in [6, 6.07) is 11.6. The lowest BCUT2D eigenvalue weighted by molar-refractivity contribution is -0.0132. The maximum absolute atomic E-state index is 18.4. The molecule has 2 saturated heterocycles. The first kappa shape index (κ1) is 55.0. The fourth-order valence-corrected chi connectivity index (χ4v) is 16.3. The van der Waals surface area contributed by atoms with Gasteiger partial charge in [0.15, 0.2) is 18.4 Å². The van der Waals surface area contributed by atoms with Crippen molar-refractivity contribution in [3.63, 3.8) is 0 Å². The molecular formula is C56H70F3N7O8Si. The number of fused-ring (bicyclic) bond motifs is 2. The minimum Gasteiger partial charge on any atom is -0.475 e. The fraction of sp³-hybridized carbons (Fsp3) is 0.536. The number of benzene rings is 2. The molecule has 3 aliphatic heterocycles. The van der Waals surface area contributed by atoms with Crippen molar-refractivity contribution in [1.29, 1.82) is 0 Å². The van der Waals surface area contributed by atoms with E-state index in [9.17, 15) is 18.4 Å². The lowest BCUT2D eigenvalue weighted by Gasteiger charge is -2.46. The smallest absolute Gasteiger partial charge is 0.425 e. The first-order valence-corrected chi connectivity index (χ1v) is 27.9. The monoisotopic (exact) mass is 1050 g/mol. The van der Waals surface area contributed by atoms with E-state index in [-0.39, 0.29) is 66.7 Å². The summed E-state index contributed by atoms with van der Waals surface area (Å²) in [5.41, 5.74) is 2.99. The average Bonchev–Trinajstić information content (AvgIpc) is 3.39. The number of alkyl halides is 2. The average molecular weight is 1050 g/mol. The summed E-state index contributed by atoms with van der Waals surface area (Å²) in [5.74, 6) is 0.295. The van der Waals surface area contributed by atoms with Crippen molar-refractivity contribution in [2.24, 2.45) is 0 Å². The van der Waals surface area contributed by atoms with E-state index in [1.807, 2.05) is 31.2 Å². The predicted molar refractivity (Wildman–Crippen MR) is 285 cm³/mol. The van der Waals surface area contributed by atoms with Crippen molar-refractivity contribution < 1.29 is 51.2 Å². The number of amides is 2. The first-order valence-electron chi connectivity index (χ1n) is 25.7. The van der Waals surface area contributed by atoms with Gasteiger partial charge in [0.2, 0.25) is 5.88 Å². The summed E-state index contributed by atoms with van der Waals surface area (Å²) in [6.45, 7) is 25.3. The number of halogens is 3. The topological polar surface area (TPSA) is 151 Å². The van der Waals surface area contributed by atoms with Gasteiger partial charge in [-0.3, -0.25) is 4.90 Å². The van der Waals surface area contributed by atoms with Crippen LogP contribution in [-0.4, -0.2) is 115 Å². The Kier molecular flexibility index (Phi) is 15.2. The zero-order valence-electron chi connectivity index (χ0n) is 45.6. The molecule has 6 heterocycles. The molecule has 0 saturated carbocycles. The van der Waals surface area contributed by atoms with Crippen molar-refractivity contribution in [3.8, 4) is 40.4 Å². The van der Waals surface area contributed by atoms with Gasteiger partial charge in [-0.05, 0) is 101 Å². The number of hydrogen-bond acceptors (Lipinski definition) is 14. The molecule has 15 nitrogen and oxygen atoms in total. The number of carbonyl (C=O) groups excluding carboxylic acids is 2. The van der Waals surface area contributed by atoms with E-state index >= 15 is 4.39 Å². The Morgan fingerprint density at radius 1 is 0.880 bits per heavy atom. The molecule has 0 bridgehead atoms. The molecule has 5 aromatic rings. The summed E-state index contributed by atoms with van der Waals surface area (Å²) < 4.78 is 83.9. The Morgan fingerprint density at radius 3 is 2.16 bits per heavy atom. The number of pyridine rings is 2. The SMILES string of the molecule is COCOc1cc(-c2nc3c4c(nc(OCC56CCN5CC(F)(F)C6)nc4c2F)N([C@H](C)c2cccnc2N(C(=O)OC(C)(C)C)C(=O)OC(C)(C)C)CCO3)c2c(C#C[Si](C(C)C)(C(C)C)C(C)C)cccc2c1. The number of aromatic nitrogens is 4. The van der Waals surface area contributed by atoms with Gasteiger partial charge in [-0.15, -0.1) is 5.54 Å². The zero-order chi connectivity index (χ0) is 54.6. The Hall–Kier alpha value is -6.23. The molecule has 3 aliphatic rings. The van der Waals surface area contributed by atoms with Crippen LogP contribution in [-0.2, 0) is 14.2 Å². The predicted octanol–water partition coefficient (Wildman–Crippen LogP) is 12.4. The van der Waals surface area contributed by atoms with Crippen molar-refractivity contribution in [2.75, 3.05) is 56.6 Å². The Bertz CT molecular complexity index is 3010. The summed E-state index contributed by atoms with van der Waals surface area (Å²) in [6.07, 6.45) is -0.541. The second-order valence-electron chi connectivity index (χ2n) is 22.9. The molecule has 402 valence electrons. The molecule has 0 radical (unpaired) electrons. The summed E-state index contributed by atoms with van der Waals surface area (Å²) >= 11 is 0. The largest absolute Gasteiger partial charge is 0.475 e. The van der Waals surface area contributed by atoms with Gasteiger partial charge in [-0.1, -0.05) is 65.7 Å². The van der Waals surface area contributed by atoms with Crippen molar-refractivity contribution in [3.05, 3.63) is 65.6 Å². The highest BCUT2D eigenvalue weighted by Gasteiger charge is 2.60. The quantitative estimate of drug-likeness (QED) is 0.0625. The molecular weight excluding hydrogens is 984 g/mol. The van der Waals surface area contributed by atoms with E-state index in [2.05, 4.69) is 58.0 Å². The molecule has 2 aromatic carbocycles. The fourth-order valence-electron chi connectivity index (χ4n) is 11.1. The number of rotatable bonds is 13. The van der Waals surface area contributed by atoms with Crippen LogP contribution in [0.4, 0.5) is 34.4 Å². The van der Waals surface area contributed by atoms with Crippen LogP contribution >= 0.6 is 0 Å². The van der Waals surface area contributed by atoms with Crippen molar-refractivity contribution in [1.82, 2.24) is 24.8 Å². The summed E-state index contributed by atoms with van der Waals surface area (Å²) in [5, 5.41) is 1.45. The highest BCUT2D eigenvalue weighted by molar-refractivity contribution is 6.90. The van der Waals surface area contributed by atoms with Crippen molar-refractivity contribution in [2.45, 2.75) is 148 Å². The van der Waals surface area contributed by atoms with Gasteiger partial charge in [0, 0.05) is 48.3 Å². The van der Waals surface area contributed by atoms with Gasteiger partial charge < -0.3 is 33.3 Å². The van der Waals surface area contributed by atoms with Crippen LogP contribution in [0.2, 0.25) is 16.6 Å². The number of imide groups is 1. The van der Waals surface area contributed by atoms with E-state index in [1.165, 1.54) is 13.3 Å². The maximum Gasteiger partial charge on any atom is 0.425 e. The number of ether oxygens (including phenoxy) is 6. The van der Waals surface area contributed by atoms with E-state index < -0.39 is 67.7 Å². The molecule has 75 heavy (non-hydrogen) atoms. The third-order valence-corrected chi connectivity index (χ3v) is 20.8. The van der Waals surface area contributed by atoms with Crippen LogP contribution in [0.15, 0.2) is 48.7 Å². The normalized spacial score (nSPS) is 18.0. The third-order valence-electron chi connectivity index (χ3n) is 14.5. The second-order valence-corrected chi connectivity index (χ2v) is 28.4. The minimum absolute atomic E-state index is 0.00453. The lowest BCUT2D eigenvalue weighted by atomic mass is 9.85. The summed E-state index contributed by atoms with van der Waals surface area (Å²) in [7, 11) is -0.745. The standard InChI is InChI=1S/C56H70F3N7O8Si/c1-33(2)75(34(3)4,35(5)6)26-20-37-17-15-18-38-27-39(72-32-69-14)28-41(42(37)38)45-44(57)46-43-48(63-50(62-46)71-31-55-21-23-64(55)30-56(58,59)29-55)65(24-25-70-49(43)61-45)36(7)40-19-16-22-60-47(40)66(51(67)73-53(8,9)10)52(68)74-54(11,12)13/h15-19,22,27-28,33-36H,21,23-25,29-32H2,1-14H3/t36-,55?/m1/s1. The second kappa shape index (κ2) is 20.7. The molecule has 2 amide bonds. The lowest BCUT2D eigenvalue weighted by Crippen LogP contribution is -2.59. The van der Waals surface area contributed by atoms with Gasteiger partial charge in [-0.25, -0.2) is 32.7 Å². The van der Waals surface area contributed by atoms with Gasteiger partial charge in [-0.2, -0.15) is 14.9 Å². The highest BCUT2D eigenvalue weighted by atomic mass is 28.3.